The molecule has 0 radical (unpaired) electrons. The minimum atomic E-state index is -3.91. The van der Waals surface area contributed by atoms with E-state index in [0.717, 1.165) is 41.3 Å². The van der Waals surface area contributed by atoms with Gasteiger partial charge in [-0.2, -0.15) is 0 Å². The highest BCUT2D eigenvalue weighted by Gasteiger charge is 2.29. The maximum absolute atomic E-state index is 13.3. The van der Waals surface area contributed by atoms with Crippen molar-refractivity contribution in [2.45, 2.75) is 64.4 Å². The maximum atomic E-state index is 13.3. The lowest BCUT2D eigenvalue weighted by molar-refractivity contribution is -0.0959. The van der Waals surface area contributed by atoms with E-state index < -0.39 is 17.6 Å². The van der Waals surface area contributed by atoms with Crippen LogP contribution < -0.4 is 0 Å². The topological polar surface area (TPSA) is 82.1 Å². The van der Waals surface area contributed by atoms with Gasteiger partial charge in [0.1, 0.15) is 0 Å². The minimum Gasteiger partial charge on any atom is -0.309 e. The van der Waals surface area contributed by atoms with Gasteiger partial charge in [0.15, 0.2) is 0 Å². The summed E-state index contributed by atoms with van der Waals surface area (Å²) in [4.78, 5) is 5.91. The van der Waals surface area contributed by atoms with Crippen molar-refractivity contribution in [1.29, 1.82) is 0 Å². The van der Waals surface area contributed by atoms with Crippen molar-refractivity contribution in [2.24, 2.45) is 0 Å². The number of nitrogens with zero attached hydrogens (tertiary/aromatic N) is 1. The summed E-state index contributed by atoms with van der Waals surface area (Å²) < 4.78 is 52.1. The molecule has 0 N–H and O–H groups in total. The van der Waals surface area contributed by atoms with Crippen LogP contribution in [-0.2, 0) is 35.1 Å². The number of benzene rings is 2. The SMILES string of the molecule is CCCCOP(=O)(CCCN(OCc1ccccc1)S(=O)(=O)c1ccc(C)cc1)OCCCC. The monoisotopic (exact) mass is 511 g/mol. The predicted octanol–water partition coefficient (Wildman–Crippen LogP) is 6.33. The van der Waals surface area contributed by atoms with Gasteiger partial charge in [0.2, 0.25) is 0 Å². The molecule has 0 spiro atoms. The summed E-state index contributed by atoms with van der Waals surface area (Å²) in [5.41, 5.74) is 1.81. The number of hydroxylamine groups is 1. The lowest BCUT2D eigenvalue weighted by Crippen LogP contribution is -2.32. The van der Waals surface area contributed by atoms with Gasteiger partial charge < -0.3 is 9.05 Å². The Hall–Kier alpha value is -1.54. The molecule has 190 valence electrons. The van der Waals surface area contributed by atoms with Crippen molar-refractivity contribution in [3.8, 4) is 0 Å². The summed E-state index contributed by atoms with van der Waals surface area (Å²) in [6.45, 7) is 6.80. The fourth-order valence-electron chi connectivity index (χ4n) is 3.06. The zero-order chi connectivity index (χ0) is 24.9. The third-order valence-electron chi connectivity index (χ3n) is 5.15. The zero-order valence-electron chi connectivity index (χ0n) is 20.5. The molecule has 7 nitrogen and oxygen atoms in total. The summed E-state index contributed by atoms with van der Waals surface area (Å²) in [6, 6.07) is 16.0. The number of aryl methyl sites for hydroxylation is 1. The molecule has 0 amide bonds. The molecule has 0 aromatic heterocycles. The molecular weight excluding hydrogens is 473 g/mol. The molecular formula is C25H38NO6PS. The predicted molar refractivity (Wildman–Crippen MR) is 135 cm³/mol. The normalized spacial score (nSPS) is 12.4. The largest absolute Gasteiger partial charge is 0.330 e. The van der Waals surface area contributed by atoms with E-state index in [0.29, 0.717) is 13.2 Å². The van der Waals surface area contributed by atoms with Crippen molar-refractivity contribution in [1.82, 2.24) is 4.47 Å². The fourth-order valence-corrected chi connectivity index (χ4v) is 6.01. The van der Waals surface area contributed by atoms with E-state index in [1.807, 2.05) is 51.1 Å². The highest BCUT2D eigenvalue weighted by molar-refractivity contribution is 7.89. The number of rotatable bonds is 17. The fraction of sp³-hybridized carbons (Fsp3) is 0.520. The second kappa shape index (κ2) is 14.8. The molecule has 0 heterocycles. The van der Waals surface area contributed by atoms with Crippen molar-refractivity contribution < 1.29 is 26.9 Å². The zero-order valence-corrected chi connectivity index (χ0v) is 22.2. The summed E-state index contributed by atoms with van der Waals surface area (Å²) >= 11 is 0. The Labute approximate surface area is 205 Å². The molecule has 0 unspecified atom stereocenters. The third-order valence-corrected chi connectivity index (χ3v) is 8.86. The van der Waals surface area contributed by atoms with E-state index in [1.54, 1.807) is 24.3 Å². The molecule has 0 saturated carbocycles. The molecule has 0 aliphatic heterocycles. The standard InChI is InChI=1S/C25H38NO6PS/c1-4-6-19-31-33(27,32-20-7-5-2)21-11-18-26(30-22-24-12-9-8-10-13-24)34(28,29)25-16-14-23(3)15-17-25/h8-10,12-17H,4-7,11,18-22H2,1-3H3. The molecule has 0 saturated heterocycles. The molecule has 0 fully saturated rings. The molecule has 0 bridgehead atoms. The average Bonchev–Trinajstić information content (AvgIpc) is 2.82. The van der Waals surface area contributed by atoms with Gasteiger partial charge in [-0.3, -0.25) is 9.40 Å². The van der Waals surface area contributed by atoms with Crippen molar-refractivity contribution in [3.05, 3.63) is 65.7 Å². The van der Waals surface area contributed by atoms with Crippen molar-refractivity contribution in [3.63, 3.8) is 0 Å². The van der Waals surface area contributed by atoms with E-state index in [4.69, 9.17) is 13.9 Å². The quantitative estimate of drug-likeness (QED) is 0.140. The van der Waals surface area contributed by atoms with E-state index in [2.05, 4.69) is 0 Å². The summed E-state index contributed by atoms with van der Waals surface area (Å²) in [5.74, 6) is 0. The number of hydrogen-bond acceptors (Lipinski definition) is 6. The first-order chi connectivity index (χ1) is 16.3. The molecule has 2 aromatic carbocycles. The van der Waals surface area contributed by atoms with Gasteiger partial charge in [0.25, 0.3) is 10.0 Å². The lowest BCUT2D eigenvalue weighted by atomic mass is 10.2. The van der Waals surface area contributed by atoms with E-state index in [1.165, 1.54) is 0 Å². The maximum Gasteiger partial charge on any atom is 0.330 e. The van der Waals surface area contributed by atoms with Gasteiger partial charge in [0.05, 0.1) is 30.9 Å². The number of sulfonamides is 1. The van der Waals surface area contributed by atoms with Crippen LogP contribution in [0, 0.1) is 6.92 Å². The van der Waals surface area contributed by atoms with E-state index in [9.17, 15) is 13.0 Å². The van der Waals surface area contributed by atoms with Crippen LogP contribution in [0.3, 0.4) is 0 Å². The van der Waals surface area contributed by atoms with E-state index >= 15 is 0 Å². The Morgan fingerprint density at radius 3 is 2.00 bits per heavy atom. The van der Waals surface area contributed by atoms with Crippen LogP contribution in [0.15, 0.2) is 59.5 Å². The van der Waals surface area contributed by atoms with Crippen molar-refractivity contribution in [2.75, 3.05) is 25.9 Å². The first kappa shape index (κ1) is 28.7. The first-order valence-corrected chi connectivity index (χ1v) is 15.1. The van der Waals surface area contributed by atoms with Crippen LogP contribution in [0.5, 0.6) is 0 Å². The van der Waals surface area contributed by atoms with Gasteiger partial charge >= 0.3 is 7.60 Å². The molecule has 9 heteroatoms. The number of hydrogen-bond donors (Lipinski definition) is 0. The highest BCUT2D eigenvalue weighted by atomic mass is 32.2. The van der Waals surface area contributed by atoms with Crippen LogP contribution in [-0.4, -0.2) is 38.8 Å². The Morgan fingerprint density at radius 2 is 1.44 bits per heavy atom. The number of unbranched alkanes of at least 4 members (excludes halogenated alkanes) is 2. The Balaban J connectivity index is 2.12. The Bertz CT molecular complexity index is 968. The van der Waals surface area contributed by atoms with Gasteiger partial charge in [-0.15, -0.1) is 0 Å². The molecule has 34 heavy (non-hydrogen) atoms. The minimum absolute atomic E-state index is 0.0291. The van der Waals surface area contributed by atoms with Crippen LogP contribution in [0.2, 0.25) is 0 Å². The van der Waals surface area contributed by atoms with Crippen LogP contribution in [0.25, 0.3) is 0 Å². The van der Waals surface area contributed by atoms with Crippen LogP contribution >= 0.6 is 7.60 Å². The summed E-state index contributed by atoms with van der Waals surface area (Å²) in [7, 11) is -7.23. The van der Waals surface area contributed by atoms with E-state index in [-0.39, 0.29) is 30.6 Å². The Morgan fingerprint density at radius 1 is 0.853 bits per heavy atom. The van der Waals surface area contributed by atoms with Crippen LogP contribution in [0.4, 0.5) is 0 Å². The van der Waals surface area contributed by atoms with Gasteiger partial charge in [-0.1, -0.05) is 79.2 Å². The lowest BCUT2D eigenvalue weighted by Gasteiger charge is -2.23. The van der Waals surface area contributed by atoms with Crippen molar-refractivity contribution >= 4 is 17.6 Å². The molecule has 2 rings (SSSR count). The van der Waals surface area contributed by atoms with Gasteiger partial charge in [0, 0.05) is 6.54 Å². The third kappa shape index (κ3) is 9.61. The van der Waals surface area contributed by atoms with Crippen LogP contribution in [0.1, 0.15) is 57.1 Å². The first-order valence-electron chi connectivity index (χ1n) is 11.9. The molecule has 0 aliphatic rings. The second-order valence-corrected chi connectivity index (χ2v) is 12.2. The Kier molecular flexibility index (Phi) is 12.5. The second-order valence-electron chi connectivity index (χ2n) is 8.17. The molecule has 0 aliphatic carbocycles. The average molecular weight is 512 g/mol. The summed E-state index contributed by atoms with van der Waals surface area (Å²) in [5, 5.41) is 0. The smallest absolute Gasteiger partial charge is 0.309 e. The van der Waals surface area contributed by atoms with Gasteiger partial charge in [-0.25, -0.2) is 8.42 Å². The molecule has 0 atom stereocenters. The highest BCUT2D eigenvalue weighted by Crippen LogP contribution is 2.49. The molecule has 2 aromatic rings. The van der Waals surface area contributed by atoms with Gasteiger partial charge in [-0.05, 0) is 43.9 Å². The summed E-state index contributed by atoms with van der Waals surface area (Å²) in [6.07, 6.45) is 3.81.